The van der Waals surface area contributed by atoms with Crippen LogP contribution in [0, 0.1) is 0 Å². The lowest BCUT2D eigenvalue weighted by Gasteiger charge is -2.07. The predicted molar refractivity (Wildman–Crippen MR) is 24.2 cm³/mol. The highest BCUT2D eigenvalue weighted by Crippen LogP contribution is 1.93. The van der Waals surface area contributed by atoms with Crippen molar-refractivity contribution in [2.24, 2.45) is 0 Å². The van der Waals surface area contributed by atoms with Gasteiger partial charge in [-0.15, -0.1) is 0 Å². The maximum absolute atomic E-state index is 10.3. The van der Waals surface area contributed by atoms with Crippen molar-refractivity contribution < 1.29 is 19.1 Å². The van der Waals surface area contributed by atoms with Crippen LogP contribution >= 0.6 is 0 Å². The van der Waals surface area contributed by atoms with Crippen molar-refractivity contribution in [3.8, 4) is 0 Å². The summed E-state index contributed by atoms with van der Waals surface area (Å²) in [5.74, 6) is -1.42. The second-order valence-electron chi connectivity index (χ2n) is 1.49. The Bertz CT molecular complexity index is 140. The first-order chi connectivity index (χ1) is 4.18. The molecule has 1 aliphatic rings. The molecule has 0 bridgehead atoms. The third kappa shape index (κ3) is 1.25. The van der Waals surface area contributed by atoms with Gasteiger partial charge in [-0.1, -0.05) is 0 Å². The zero-order valence-electron chi connectivity index (χ0n) is 4.34. The van der Waals surface area contributed by atoms with Gasteiger partial charge in [0, 0.05) is 0 Å². The maximum atomic E-state index is 10.3. The molecule has 0 spiro atoms. The van der Waals surface area contributed by atoms with Crippen LogP contribution < -0.4 is 5.32 Å². The summed E-state index contributed by atoms with van der Waals surface area (Å²) >= 11 is 0. The summed E-state index contributed by atoms with van der Waals surface area (Å²) in [6.45, 7) is 0. The number of carbonyl (C=O) groups is 3. The molecular formula is C4H3NO4. The van der Waals surface area contributed by atoms with E-state index in [2.05, 4.69) is 4.74 Å². The zero-order chi connectivity index (χ0) is 6.85. The average Bonchev–Trinajstić information content (AvgIpc) is 1.59. The van der Waals surface area contributed by atoms with E-state index in [0.717, 1.165) is 0 Å². The molecule has 1 rings (SSSR count). The Balaban J connectivity index is 2.64. The topological polar surface area (TPSA) is 72.5 Å². The van der Waals surface area contributed by atoms with Gasteiger partial charge in [0.05, 0.1) is 0 Å². The van der Waals surface area contributed by atoms with Gasteiger partial charge in [0.2, 0.25) is 5.91 Å². The standard InChI is InChI=1S/C4H3NO4/c6-2-1-3(7)9-4(8)5-2/h1H2,(H,5,6,8). The molecular weight excluding hydrogens is 126 g/mol. The number of cyclic esters (lactones) is 2. The molecule has 1 heterocycles. The van der Waals surface area contributed by atoms with Crippen LogP contribution in [0.3, 0.4) is 0 Å². The fourth-order valence-electron chi connectivity index (χ4n) is 0.454. The maximum Gasteiger partial charge on any atom is 0.421 e. The molecule has 1 fully saturated rings. The minimum absolute atomic E-state index is 0.369. The van der Waals surface area contributed by atoms with E-state index < -0.39 is 18.0 Å². The minimum Gasteiger partial charge on any atom is -0.376 e. The molecule has 1 aliphatic heterocycles. The molecule has 0 atom stereocenters. The molecule has 0 aromatic carbocycles. The monoisotopic (exact) mass is 129 g/mol. The van der Waals surface area contributed by atoms with Crippen LogP contribution in [0.4, 0.5) is 4.79 Å². The first-order valence-corrected chi connectivity index (χ1v) is 2.23. The largest absolute Gasteiger partial charge is 0.421 e. The number of hydrogen-bond donors (Lipinski definition) is 1. The number of amides is 2. The molecule has 48 valence electrons. The number of imide groups is 1. The van der Waals surface area contributed by atoms with Crippen LogP contribution in [-0.4, -0.2) is 18.0 Å². The van der Waals surface area contributed by atoms with Crippen LogP contribution in [0.15, 0.2) is 0 Å². The van der Waals surface area contributed by atoms with Crippen LogP contribution in [0.5, 0.6) is 0 Å². The van der Waals surface area contributed by atoms with Gasteiger partial charge in [-0.25, -0.2) is 4.79 Å². The molecule has 0 aromatic rings. The summed E-state index contributed by atoms with van der Waals surface area (Å²) in [6, 6.07) is 0. The summed E-state index contributed by atoms with van der Waals surface area (Å²) < 4.78 is 3.95. The quantitative estimate of drug-likeness (QED) is 0.342. The Kier molecular flexibility index (Phi) is 1.18. The molecule has 9 heavy (non-hydrogen) atoms. The predicted octanol–water partition coefficient (Wildman–Crippen LogP) is -0.831. The Labute approximate surface area is 50.0 Å². The highest BCUT2D eigenvalue weighted by atomic mass is 16.6. The summed E-state index contributed by atoms with van der Waals surface area (Å²) in [4.78, 5) is 30.5. The van der Waals surface area contributed by atoms with Crippen molar-refractivity contribution in [3.05, 3.63) is 0 Å². The van der Waals surface area contributed by atoms with Crippen LogP contribution in [0.25, 0.3) is 0 Å². The third-order valence-electron chi connectivity index (χ3n) is 0.753. The van der Waals surface area contributed by atoms with E-state index in [0.29, 0.717) is 0 Å². The SMILES string of the molecule is O=C1CC(=O)OC(=O)N1. The molecule has 2 amide bonds. The van der Waals surface area contributed by atoms with Crippen molar-refractivity contribution in [1.82, 2.24) is 5.32 Å². The van der Waals surface area contributed by atoms with Gasteiger partial charge in [0.1, 0.15) is 6.42 Å². The fourth-order valence-corrected chi connectivity index (χ4v) is 0.454. The van der Waals surface area contributed by atoms with Crippen molar-refractivity contribution in [3.63, 3.8) is 0 Å². The fraction of sp³-hybridized carbons (Fsp3) is 0.250. The number of rotatable bonds is 0. The zero-order valence-corrected chi connectivity index (χ0v) is 4.34. The number of carbonyl (C=O) groups excluding carboxylic acids is 3. The van der Waals surface area contributed by atoms with Gasteiger partial charge < -0.3 is 4.74 Å². The van der Waals surface area contributed by atoms with E-state index in [4.69, 9.17) is 0 Å². The molecule has 0 aromatic heterocycles. The Hall–Kier alpha value is -1.39. The molecule has 0 saturated carbocycles. The highest BCUT2D eigenvalue weighted by molar-refractivity contribution is 6.08. The molecule has 5 nitrogen and oxygen atoms in total. The minimum atomic E-state index is -0.990. The Morgan fingerprint density at radius 2 is 2.00 bits per heavy atom. The van der Waals surface area contributed by atoms with E-state index in [1.165, 1.54) is 0 Å². The number of esters is 1. The lowest BCUT2D eigenvalue weighted by Crippen LogP contribution is -2.39. The van der Waals surface area contributed by atoms with Crippen molar-refractivity contribution >= 4 is 18.0 Å². The molecule has 1 N–H and O–H groups in total. The molecule has 0 radical (unpaired) electrons. The number of hydrogen-bond acceptors (Lipinski definition) is 4. The first-order valence-electron chi connectivity index (χ1n) is 2.23. The molecule has 5 heteroatoms. The summed E-state index contributed by atoms with van der Waals surface area (Å²) in [5.41, 5.74) is 0. The van der Waals surface area contributed by atoms with E-state index in [-0.39, 0.29) is 6.42 Å². The summed E-state index contributed by atoms with van der Waals surface area (Å²) in [6.07, 6.45) is -1.36. The van der Waals surface area contributed by atoms with Crippen LogP contribution in [0.1, 0.15) is 6.42 Å². The van der Waals surface area contributed by atoms with Gasteiger partial charge in [0.15, 0.2) is 0 Å². The molecule has 0 unspecified atom stereocenters. The van der Waals surface area contributed by atoms with E-state index in [9.17, 15) is 14.4 Å². The first kappa shape index (κ1) is 5.74. The van der Waals surface area contributed by atoms with Crippen molar-refractivity contribution in [2.45, 2.75) is 6.42 Å². The average molecular weight is 129 g/mol. The van der Waals surface area contributed by atoms with Gasteiger partial charge in [0.25, 0.3) is 0 Å². The third-order valence-corrected chi connectivity index (χ3v) is 0.753. The van der Waals surface area contributed by atoms with E-state index in [1.54, 1.807) is 5.32 Å². The van der Waals surface area contributed by atoms with Gasteiger partial charge >= 0.3 is 12.1 Å². The van der Waals surface area contributed by atoms with Gasteiger partial charge in [-0.05, 0) is 0 Å². The number of nitrogens with one attached hydrogen (secondary N) is 1. The lowest BCUT2D eigenvalue weighted by molar-refractivity contribution is -0.144. The summed E-state index contributed by atoms with van der Waals surface area (Å²) in [7, 11) is 0. The van der Waals surface area contributed by atoms with Gasteiger partial charge in [-0.3, -0.25) is 14.9 Å². The summed E-state index contributed by atoms with van der Waals surface area (Å²) in [5, 5.41) is 1.79. The van der Waals surface area contributed by atoms with Crippen molar-refractivity contribution in [2.75, 3.05) is 0 Å². The van der Waals surface area contributed by atoms with Crippen LogP contribution in [0.2, 0.25) is 0 Å². The normalized spacial score (nSPS) is 18.9. The highest BCUT2D eigenvalue weighted by Gasteiger charge is 2.22. The van der Waals surface area contributed by atoms with Crippen molar-refractivity contribution in [1.29, 1.82) is 0 Å². The van der Waals surface area contributed by atoms with Gasteiger partial charge in [-0.2, -0.15) is 0 Å². The van der Waals surface area contributed by atoms with E-state index >= 15 is 0 Å². The molecule has 1 saturated heterocycles. The Morgan fingerprint density at radius 3 is 2.44 bits per heavy atom. The lowest BCUT2D eigenvalue weighted by atomic mass is 10.4. The van der Waals surface area contributed by atoms with Crippen LogP contribution in [-0.2, 0) is 14.3 Å². The molecule has 0 aliphatic carbocycles. The second kappa shape index (κ2) is 1.85. The number of alkyl carbamates (subject to hydrolysis) is 1. The Morgan fingerprint density at radius 1 is 1.33 bits per heavy atom. The second-order valence-corrected chi connectivity index (χ2v) is 1.49. The number of ether oxygens (including phenoxy) is 1. The smallest absolute Gasteiger partial charge is 0.376 e. The van der Waals surface area contributed by atoms with E-state index in [1.807, 2.05) is 0 Å².